The first-order chi connectivity index (χ1) is 8.15. The molecule has 0 spiro atoms. The van der Waals surface area contributed by atoms with Crippen molar-refractivity contribution in [3.63, 3.8) is 0 Å². The van der Waals surface area contributed by atoms with Crippen LogP contribution in [0.25, 0.3) is 5.57 Å². The number of fused-ring (bicyclic) bond motifs is 2. The highest BCUT2D eigenvalue weighted by Crippen LogP contribution is 2.42. The van der Waals surface area contributed by atoms with E-state index >= 15 is 0 Å². The molecule has 17 heavy (non-hydrogen) atoms. The Morgan fingerprint density at radius 2 is 2.24 bits per heavy atom. The predicted octanol–water partition coefficient (Wildman–Crippen LogP) is 2.72. The number of aromatic nitrogens is 1. The Balaban J connectivity index is 1.89. The van der Waals surface area contributed by atoms with Crippen LogP contribution in [-0.2, 0) is 0 Å². The Bertz CT molecular complexity index is 467. The monoisotopic (exact) mass is 232 g/mol. The predicted molar refractivity (Wildman–Crippen MR) is 65.9 cm³/mol. The Kier molecular flexibility index (Phi) is 2.51. The Morgan fingerprint density at radius 3 is 2.82 bits per heavy atom. The van der Waals surface area contributed by atoms with Crippen molar-refractivity contribution in [3.8, 4) is 0 Å². The van der Waals surface area contributed by atoms with E-state index in [1.807, 2.05) is 0 Å². The largest absolute Gasteiger partial charge is 0.294 e. The zero-order valence-electron chi connectivity index (χ0n) is 10.2. The summed E-state index contributed by atoms with van der Waals surface area (Å²) >= 11 is 0. The van der Waals surface area contributed by atoms with E-state index in [2.05, 4.69) is 29.8 Å². The van der Waals surface area contributed by atoms with E-state index in [1.165, 1.54) is 18.2 Å². The third-order valence-electron chi connectivity index (χ3n) is 3.90. The van der Waals surface area contributed by atoms with E-state index in [0.717, 1.165) is 12.1 Å². The fourth-order valence-corrected chi connectivity index (χ4v) is 3.12. The van der Waals surface area contributed by atoms with Gasteiger partial charge in [-0.1, -0.05) is 6.08 Å². The van der Waals surface area contributed by atoms with Gasteiger partial charge in [0.2, 0.25) is 0 Å². The van der Waals surface area contributed by atoms with Gasteiger partial charge in [0, 0.05) is 24.8 Å². The van der Waals surface area contributed by atoms with Gasteiger partial charge in [0.25, 0.3) is 0 Å². The first kappa shape index (κ1) is 10.9. The summed E-state index contributed by atoms with van der Waals surface area (Å²) in [5.74, 6) is 0.317. The van der Waals surface area contributed by atoms with Gasteiger partial charge >= 0.3 is 0 Å². The first-order valence-electron chi connectivity index (χ1n) is 6.23. The van der Waals surface area contributed by atoms with Crippen molar-refractivity contribution in [2.75, 3.05) is 6.54 Å². The molecule has 0 radical (unpaired) electrons. The molecule has 3 rings (SSSR count). The van der Waals surface area contributed by atoms with E-state index in [4.69, 9.17) is 0 Å². The van der Waals surface area contributed by atoms with Gasteiger partial charge in [0.15, 0.2) is 0 Å². The number of hydrogen-bond donors (Lipinski definition) is 0. The smallest absolute Gasteiger partial charge is 0.142 e. The maximum Gasteiger partial charge on any atom is 0.142 e. The molecule has 1 fully saturated rings. The number of halogens is 1. The van der Waals surface area contributed by atoms with Crippen LogP contribution in [0.15, 0.2) is 24.5 Å². The number of likely N-dealkylation sites (tertiary alicyclic amines) is 1. The van der Waals surface area contributed by atoms with Crippen molar-refractivity contribution in [3.05, 3.63) is 35.9 Å². The molecular formula is C14H17FN2. The van der Waals surface area contributed by atoms with Crippen LogP contribution in [0, 0.1) is 11.7 Å². The number of hydrogen-bond acceptors (Lipinski definition) is 2. The van der Waals surface area contributed by atoms with Crippen LogP contribution in [0.3, 0.4) is 0 Å². The van der Waals surface area contributed by atoms with Crippen molar-refractivity contribution in [2.24, 2.45) is 5.92 Å². The fourth-order valence-electron chi connectivity index (χ4n) is 3.12. The molecule has 1 aromatic rings. The van der Waals surface area contributed by atoms with Crippen molar-refractivity contribution in [1.82, 2.24) is 9.88 Å². The van der Waals surface area contributed by atoms with E-state index in [1.54, 1.807) is 12.3 Å². The van der Waals surface area contributed by atoms with Crippen LogP contribution in [0.4, 0.5) is 4.39 Å². The molecule has 2 aliphatic rings. The van der Waals surface area contributed by atoms with E-state index < -0.39 is 0 Å². The standard InChI is InChI=1S/C14H17FN2/c1-9(2)17-8-11-4-13(17)5-14(11)10-3-12(15)7-16-6-10/h3,5-7,9,11,13H,4,8H2,1-2H3/t11-,13-/m1/s1. The van der Waals surface area contributed by atoms with Crippen LogP contribution in [0.2, 0.25) is 0 Å². The molecule has 0 unspecified atom stereocenters. The molecule has 0 N–H and O–H groups in total. The van der Waals surface area contributed by atoms with Gasteiger partial charge in [-0.3, -0.25) is 9.88 Å². The number of pyridine rings is 1. The third kappa shape index (κ3) is 1.78. The highest BCUT2D eigenvalue weighted by molar-refractivity contribution is 5.71. The quantitative estimate of drug-likeness (QED) is 0.779. The van der Waals surface area contributed by atoms with Gasteiger partial charge in [-0.2, -0.15) is 0 Å². The lowest BCUT2D eigenvalue weighted by Gasteiger charge is -2.29. The van der Waals surface area contributed by atoms with Crippen LogP contribution in [0.5, 0.6) is 0 Å². The van der Waals surface area contributed by atoms with Crippen molar-refractivity contribution >= 4 is 5.57 Å². The highest BCUT2D eigenvalue weighted by Gasteiger charge is 2.39. The summed E-state index contributed by atoms with van der Waals surface area (Å²) in [7, 11) is 0. The molecule has 0 amide bonds. The fraction of sp³-hybridized carbons (Fsp3) is 0.500. The SMILES string of the molecule is CC(C)N1C[C@H]2C[C@@H]1C=C2c1cncc(F)c1. The van der Waals surface area contributed by atoms with Crippen molar-refractivity contribution in [1.29, 1.82) is 0 Å². The maximum atomic E-state index is 13.2. The van der Waals surface area contributed by atoms with E-state index in [0.29, 0.717) is 18.0 Å². The Labute approximate surface area is 101 Å². The minimum atomic E-state index is -0.244. The van der Waals surface area contributed by atoms with E-state index in [-0.39, 0.29) is 5.82 Å². The molecule has 0 saturated carbocycles. The zero-order chi connectivity index (χ0) is 12.0. The summed E-state index contributed by atoms with van der Waals surface area (Å²) in [5, 5.41) is 0. The van der Waals surface area contributed by atoms with Crippen LogP contribution in [0.1, 0.15) is 25.8 Å². The molecule has 0 aromatic carbocycles. The van der Waals surface area contributed by atoms with Gasteiger partial charge in [0.05, 0.1) is 6.20 Å². The zero-order valence-corrected chi connectivity index (χ0v) is 10.2. The lowest BCUT2D eigenvalue weighted by Crippen LogP contribution is -2.36. The summed E-state index contributed by atoms with van der Waals surface area (Å²) in [4.78, 5) is 6.45. The molecule has 1 aliphatic carbocycles. The van der Waals surface area contributed by atoms with Gasteiger partial charge in [-0.05, 0) is 43.4 Å². The van der Waals surface area contributed by atoms with Crippen LogP contribution >= 0.6 is 0 Å². The summed E-state index contributed by atoms with van der Waals surface area (Å²) < 4.78 is 13.2. The minimum Gasteiger partial charge on any atom is -0.294 e. The lowest BCUT2D eigenvalue weighted by atomic mass is 9.96. The van der Waals surface area contributed by atoms with E-state index in [9.17, 15) is 4.39 Å². The van der Waals surface area contributed by atoms with Gasteiger partial charge in [0.1, 0.15) is 5.82 Å². The number of rotatable bonds is 2. The second kappa shape index (κ2) is 3.91. The molecule has 2 heterocycles. The summed E-state index contributed by atoms with van der Waals surface area (Å²) in [6, 6.07) is 2.73. The topological polar surface area (TPSA) is 16.1 Å². The highest BCUT2D eigenvalue weighted by atomic mass is 19.1. The normalized spacial score (nSPS) is 27.9. The van der Waals surface area contributed by atoms with Crippen molar-refractivity contribution in [2.45, 2.75) is 32.4 Å². The molecule has 1 aromatic heterocycles. The van der Waals surface area contributed by atoms with Gasteiger partial charge in [-0.25, -0.2) is 4.39 Å². The molecule has 1 saturated heterocycles. The summed E-state index contributed by atoms with van der Waals surface area (Å²) in [5.41, 5.74) is 2.25. The molecule has 2 atom stereocenters. The Hall–Kier alpha value is -1.22. The van der Waals surface area contributed by atoms with Crippen molar-refractivity contribution < 1.29 is 4.39 Å². The molecule has 1 aliphatic heterocycles. The summed E-state index contributed by atoms with van der Waals surface area (Å²) in [6.45, 7) is 5.57. The average molecular weight is 232 g/mol. The van der Waals surface area contributed by atoms with Crippen LogP contribution in [-0.4, -0.2) is 28.5 Å². The maximum absolute atomic E-state index is 13.2. The lowest BCUT2D eigenvalue weighted by molar-refractivity contribution is 0.227. The van der Waals surface area contributed by atoms with Gasteiger partial charge in [-0.15, -0.1) is 0 Å². The van der Waals surface area contributed by atoms with Crippen LogP contribution < -0.4 is 0 Å². The minimum absolute atomic E-state index is 0.244. The Morgan fingerprint density at radius 1 is 1.41 bits per heavy atom. The molecular weight excluding hydrogens is 215 g/mol. The second-order valence-corrected chi connectivity index (χ2v) is 5.30. The molecule has 2 bridgehead atoms. The number of nitrogens with zero attached hydrogens (tertiary/aromatic N) is 2. The average Bonchev–Trinajstić information content (AvgIpc) is 2.87. The second-order valence-electron chi connectivity index (χ2n) is 5.30. The van der Waals surface area contributed by atoms with Gasteiger partial charge < -0.3 is 0 Å². The molecule has 90 valence electrons. The summed E-state index contributed by atoms with van der Waals surface area (Å²) in [6.07, 6.45) is 6.52. The molecule has 2 nitrogen and oxygen atoms in total. The molecule has 3 heteroatoms. The first-order valence-corrected chi connectivity index (χ1v) is 6.23. The third-order valence-corrected chi connectivity index (χ3v) is 3.90.